The van der Waals surface area contributed by atoms with E-state index in [0.29, 0.717) is 24.0 Å². The van der Waals surface area contributed by atoms with Crippen LogP contribution in [0.5, 0.6) is 0 Å². The highest BCUT2D eigenvalue weighted by atomic mass is 16.5. The van der Waals surface area contributed by atoms with Gasteiger partial charge in [-0.2, -0.15) is 0 Å². The van der Waals surface area contributed by atoms with Crippen molar-refractivity contribution >= 4 is 0 Å². The van der Waals surface area contributed by atoms with Crippen molar-refractivity contribution in [3.05, 3.63) is 35.9 Å². The monoisotopic (exact) mass is 247 g/mol. The molecule has 100 valence electrons. The van der Waals surface area contributed by atoms with Gasteiger partial charge in [0.2, 0.25) is 0 Å². The number of hydrogen-bond acceptors (Lipinski definition) is 2. The van der Waals surface area contributed by atoms with Crippen LogP contribution in [0.15, 0.2) is 30.3 Å². The summed E-state index contributed by atoms with van der Waals surface area (Å²) < 4.78 is 6.35. The van der Waals surface area contributed by atoms with Crippen LogP contribution in [0, 0.1) is 11.8 Å². The molecule has 0 radical (unpaired) electrons. The minimum atomic E-state index is 0.173. The van der Waals surface area contributed by atoms with E-state index in [4.69, 9.17) is 4.74 Å². The summed E-state index contributed by atoms with van der Waals surface area (Å²) in [6.45, 7) is 9.93. The summed E-state index contributed by atoms with van der Waals surface area (Å²) in [5.41, 5.74) is 1.29. The summed E-state index contributed by atoms with van der Waals surface area (Å²) >= 11 is 0. The number of rotatable bonds is 3. The molecule has 2 nitrogen and oxygen atoms in total. The molecule has 1 aliphatic heterocycles. The van der Waals surface area contributed by atoms with Gasteiger partial charge in [-0.15, -0.1) is 0 Å². The smallest absolute Gasteiger partial charge is 0.0984 e. The number of hydrogen-bond donors (Lipinski definition) is 1. The van der Waals surface area contributed by atoms with E-state index in [2.05, 4.69) is 63.3 Å². The Morgan fingerprint density at radius 3 is 2.28 bits per heavy atom. The van der Waals surface area contributed by atoms with E-state index in [-0.39, 0.29) is 6.10 Å². The predicted molar refractivity (Wildman–Crippen MR) is 75.5 cm³/mol. The second-order valence-electron chi connectivity index (χ2n) is 5.93. The molecule has 3 unspecified atom stereocenters. The first-order valence-corrected chi connectivity index (χ1v) is 7.03. The lowest BCUT2D eigenvalue weighted by molar-refractivity contribution is -0.0926. The molecule has 0 amide bonds. The Morgan fingerprint density at radius 2 is 1.72 bits per heavy atom. The molecule has 0 aromatic heterocycles. The Bertz CT molecular complexity index is 361. The van der Waals surface area contributed by atoms with E-state index in [1.165, 1.54) is 5.56 Å². The van der Waals surface area contributed by atoms with E-state index in [0.717, 1.165) is 6.54 Å². The average molecular weight is 247 g/mol. The number of ether oxygens (including phenoxy) is 1. The van der Waals surface area contributed by atoms with Crippen LogP contribution in [0.25, 0.3) is 0 Å². The van der Waals surface area contributed by atoms with Gasteiger partial charge in [0.15, 0.2) is 0 Å². The molecule has 2 heteroatoms. The summed E-state index contributed by atoms with van der Waals surface area (Å²) in [5.74, 6) is 1.13. The third-order valence-electron chi connectivity index (χ3n) is 3.79. The van der Waals surface area contributed by atoms with Crippen molar-refractivity contribution in [1.29, 1.82) is 0 Å². The molecular weight excluding hydrogens is 222 g/mol. The van der Waals surface area contributed by atoms with Gasteiger partial charge in [-0.3, -0.25) is 0 Å². The van der Waals surface area contributed by atoms with Crippen LogP contribution in [0.4, 0.5) is 0 Å². The predicted octanol–water partition coefficient (Wildman–Crippen LogP) is 3.40. The fourth-order valence-corrected chi connectivity index (χ4v) is 2.59. The molecule has 0 aliphatic carbocycles. The third kappa shape index (κ3) is 2.93. The van der Waals surface area contributed by atoms with Crippen LogP contribution in [0.2, 0.25) is 0 Å². The highest BCUT2D eigenvalue weighted by Gasteiger charge is 2.34. The average Bonchev–Trinajstić information content (AvgIpc) is 2.39. The lowest BCUT2D eigenvalue weighted by atomic mass is 9.90. The molecule has 1 heterocycles. The zero-order valence-corrected chi connectivity index (χ0v) is 11.9. The SMILES string of the molecule is CC(C)C1CNC(C(C)C)C(c2ccccc2)O1. The van der Waals surface area contributed by atoms with E-state index < -0.39 is 0 Å². The minimum absolute atomic E-state index is 0.173. The number of nitrogens with one attached hydrogen (secondary N) is 1. The lowest BCUT2D eigenvalue weighted by Crippen LogP contribution is -2.52. The first-order valence-electron chi connectivity index (χ1n) is 7.03. The van der Waals surface area contributed by atoms with Crippen LogP contribution in [0.3, 0.4) is 0 Å². The molecule has 1 aliphatic rings. The zero-order chi connectivity index (χ0) is 13.1. The van der Waals surface area contributed by atoms with E-state index in [9.17, 15) is 0 Å². The van der Waals surface area contributed by atoms with Crippen molar-refractivity contribution < 1.29 is 4.74 Å². The molecule has 0 bridgehead atoms. The molecule has 1 aromatic rings. The third-order valence-corrected chi connectivity index (χ3v) is 3.79. The normalized spacial score (nSPS) is 28.9. The van der Waals surface area contributed by atoms with Crippen LogP contribution < -0.4 is 5.32 Å². The molecular formula is C16H25NO. The van der Waals surface area contributed by atoms with Crippen molar-refractivity contribution in [3.8, 4) is 0 Å². The van der Waals surface area contributed by atoms with E-state index >= 15 is 0 Å². The van der Waals surface area contributed by atoms with Gasteiger partial charge >= 0.3 is 0 Å². The summed E-state index contributed by atoms with van der Waals surface area (Å²) in [6, 6.07) is 11.0. The Hall–Kier alpha value is -0.860. The van der Waals surface area contributed by atoms with Crippen LogP contribution in [0.1, 0.15) is 39.4 Å². The van der Waals surface area contributed by atoms with Gasteiger partial charge in [0.1, 0.15) is 0 Å². The Balaban J connectivity index is 2.20. The molecule has 18 heavy (non-hydrogen) atoms. The molecule has 0 spiro atoms. The Labute approximate surface area is 111 Å². The quantitative estimate of drug-likeness (QED) is 0.884. The van der Waals surface area contributed by atoms with Crippen molar-refractivity contribution in [3.63, 3.8) is 0 Å². The fourth-order valence-electron chi connectivity index (χ4n) is 2.59. The van der Waals surface area contributed by atoms with Crippen molar-refractivity contribution in [2.75, 3.05) is 6.54 Å². The Morgan fingerprint density at radius 1 is 1.06 bits per heavy atom. The zero-order valence-electron chi connectivity index (χ0n) is 11.9. The highest BCUT2D eigenvalue weighted by molar-refractivity contribution is 5.20. The topological polar surface area (TPSA) is 21.3 Å². The van der Waals surface area contributed by atoms with Crippen molar-refractivity contribution in [2.24, 2.45) is 11.8 Å². The maximum Gasteiger partial charge on any atom is 0.0984 e. The van der Waals surface area contributed by atoms with Gasteiger partial charge in [0.05, 0.1) is 12.2 Å². The molecule has 1 fully saturated rings. The molecule has 1 N–H and O–H groups in total. The van der Waals surface area contributed by atoms with Crippen molar-refractivity contribution in [1.82, 2.24) is 5.32 Å². The first-order chi connectivity index (χ1) is 8.59. The van der Waals surface area contributed by atoms with Crippen LogP contribution >= 0.6 is 0 Å². The highest BCUT2D eigenvalue weighted by Crippen LogP contribution is 2.31. The largest absolute Gasteiger partial charge is 0.367 e. The summed E-state index contributed by atoms with van der Waals surface area (Å²) in [6.07, 6.45) is 0.484. The summed E-state index contributed by atoms with van der Waals surface area (Å²) in [4.78, 5) is 0. The lowest BCUT2D eigenvalue weighted by Gasteiger charge is -2.41. The standard InChI is InChI=1S/C16H25NO/c1-11(2)14-10-17-15(12(3)4)16(18-14)13-8-6-5-7-9-13/h5-9,11-12,14-17H,10H2,1-4H3. The van der Waals surface area contributed by atoms with Gasteiger partial charge < -0.3 is 10.1 Å². The van der Waals surface area contributed by atoms with E-state index in [1.54, 1.807) is 0 Å². The maximum absolute atomic E-state index is 6.35. The van der Waals surface area contributed by atoms with Gasteiger partial charge in [-0.1, -0.05) is 58.0 Å². The number of benzene rings is 1. The molecule has 1 aromatic carbocycles. The Kier molecular flexibility index (Phi) is 4.41. The molecule has 3 atom stereocenters. The van der Waals surface area contributed by atoms with Gasteiger partial charge in [-0.05, 0) is 17.4 Å². The summed E-state index contributed by atoms with van der Waals surface area (Å²) in [5, 5.41) is 3.67. The first kappa shape index (κ1) is 13.6. The molecule has 2 rings (SSSR count). The van der Waals surface area contributed by atoms with E-state index in [1.807, 2.05) is 0 Å². The summed E-state index contributed by atoms with van der Waals surface area (Å²) in [7, 11) is 0. The van der Waals surface area contributed by atoms with Crippen LogP contribution in [-0.2, 0) is 4.74 Å². The van der Waals surface area contributed by atoms with Gasteiger partial charge in [0.25, 0.3) is 0 Å². The van der Waals surface area contributed by atoms with Gasteiger partial charge in [0, 0.05) is 12.6 Å². The van der Waals surface area contributed by atoms with Crippen LogP contribution in [-0.4, -0.2) is 18.7 Å². The molecule has 0 saturated carbocycles. The van der Waals surface area contributed by atoms with Gasteiger partial charge in [-0.25, -0.2) is 0 Å². The second-order valence-corrected chi connectivity index (χ2v) is 5.93. The molecule has 1 saturated heterocycles. The second kappa shape index (κ2) is 5.85. The van der Waals surface area contributed by atoms with Crippen molar-refractivity contribution in [2.45, 2.75) is 45.9 Å². The number of morpholine rings is 1. The maximum atomic E-state index is 6.35. The fraction of sp³-hybridized carbons (Fsp3) is 0.625. The minimum Gasteiger partial charge on any atom is -0.367 e.